The number of hydrogen-bond acceptors (Lipinski definition) is 2. The highest BCUT2D eigenvalue weighted by Crippen LogP contribution is 2.23. The van der Waals surface area contributed by atoms with Crippen LogP contribution in [0.2, 0.25) is 0 Å². The molecule has 0 spiro atoms. The van der Waals surface area contributed by atoms with Gasteiger partial charge in [-0.2, -0.15) is 0 Å². The van der Waals surface area contributed by atoms with E-state index in [1.54, 1.807) is 0 Å². The molecule has 0 saturated heterocycles. The van der Waals surface area contributed by atoms with Crippen molar-refractivity contribution < 1.29 is 19.8 Å². The van der Waals surface area contributed by atoms with Crippen LogP contribution in [0.15, 0.2) is 0 Å². The molecule has 2 aliphatic carbocycles. The van der Waals surface area contributed by atoms with Gasteiger partial charge in [0.15, 0.2) is 0 Å². The second-order valence-electron chi connectivity index (χ2n) is 5.35. The molecule has 4 heteroatoms. The highest BCUT2D eigenvalue weighted by Gasteiger charge is 2.20. The monoisotopic (exact) mass is 256 g/mol. The third kappa shape index (κ3) is 5.52. The first-order valence-corrected chi connectivity index (χ1v) is 7.07. The quantitative estimate of drug-likeness (QED) is 0.795. The summed E-state index contributed by atoms with van der Waals surface area (Å²) in [6, 6.07) is 0. The van der Waals surface area contributed by atoms with Crippen LogP contribution in [0, 0.1) is 11.8 Å². The Hall–Kier alpha value is -1.06. The summed E-state index contributed by atoms with van der Waals surface area (Å²) < 4.78 is 0. The van der Waals surface area contributed by atoms with Crippen LogP contribution < -0.4 is 0 Å². The molecule has 4 nitrogen and oxygen atoms in total. The number of hydrogen-bond donors (Lipinski definition) is 2. The SMILES string of the molecule is O=C(O)C1CCCCC1.O=C(O)C1CCCCC1. The second kappa shape index (κ2) is 8.11. The molecule has 0 amide bonds. The molecule has 18 heavy (non-hydrogen) atoms. The zero-order valence-corrected chi connectivity index (χ0v) is 10.9. The summed E-state index contributed by atoms with van der Waals surface area (Å²) in [6.45, 7) is 0. The molecule has 0 aromatic rings. The molecule has 0 bridgehead atoms. The van der Waals surface area contributed by atoms with E-state index in [-0.39, 0.29) is 11.8 Å². The van der Waals surface area contributed by atoms with Crippen LogP contribution in [0.4, 0.5) is 0 Å². The van der Waals surface area contributed by atoms with Crippen molar-refractivity contribution in [3.63, 3.8) is 0 Å². The third-order valence-corrected chi connectivity index (χ3v) is 3.91. The van der Waals surface area contributed by atoms with Crippen LogP contribution in [0.3, 0.4) is 0 Å². The van der Waals surface area contributed by atoms with Crippen molar-refractivity contribution in [1.82, 2.24) is 0 Å². The van der Waals surface area contributed by atoms with Crippen LogP contribution in [0.5, 0.6) is 0 Å². The Bertz CT molecular complexity index is 235. The molecule has 2 fully saturated rings. The molecule has 0 aliphatic heterocycles. The lowest BCUT2D eigenvalue weighted by atomic mass is 9.90. The molecular formula is C14H24O4. The number of aliphatic carboxylic acids is 2. The van der Waals surface area contributed by atoms with Crippen molar-refractivity contribution in [2.24, 2.45) is 11.8 Å². The summed E-state index contributed by atoms with van der Waals surface area (Å²) in [5.41, 5.74) is 0. The Morgan fingerprint density at radius 1 is 0.611 bits per heavy atom. The van der Waals surface area contributed by atoms with Gasteiger partial charge in [-0.25, -0.2) is 0 Å². The molecule has 2 saturated carbocycles. The second-order valence-corrected chi connectivity index (χ2v) is 5.35. The maximum absolute atomic E-state index is 10.4. The van der Waals surface area contributed by atoms with E-state index in [0.29, 0.717) is 0 Å². The van der Waals surface area contributed by atoms with Gasteiger partial charge in [0.1, 0.15) is 0 Å². The lowest BCUT2D eigenvalue weighted by molar-refractivity contribution is -0.143. The number of carbonyl (C=O) groups is 2. The minimum Gasteiger partial charge on any atom is -0.481 e. The Morgan fingerprint density at radius 2 is 0.889 bits per heavy atom. The van der Waals surface area contributed by atoms with Gasteiger partial charge in [-0.15, -0.1) is 0 Å². The summed E-state index contributed by atoms with van der Waals surface area (Å²) in [5, 5.41) is 17.1. The molecule has 2 aliphatic rings. The minimum absolute atomic E-state index is 0.0289. The molecule has 104 valence electrons. The van der Waals surface area contributed by atoms with Crippen molar-refractivity contribution in [1.29, 1.82) is 0 Å². The Labute approximate surface area is 108 Å². The van der Waals surface area contributed by atoms with E-state index in [4.69, 9.17) is 10.2 Å². The zero-order chi connectivity index (χ0) is 13.4. The Kier molecular flexibility index (Phi) is 6.76. The molecular weight excluding hydrogens is 232 g/mol. The number of carboxylic acid groups (broad SMARTS) is 2. The lowest BCUT2D eigenvalue weighted by Gasteiger charge is -2.16. The van der Waals surface area contributed by atoms with E-state index < -0.39 is 11.9 Å². The first kappa shape index (κ1) is 15.0. The summed E-state index contributed by atoms with van der Waals surface area (Å²) in [5.74, 6) is -1.26. The summed E-state index contributed by atoms with van der Waals surface area (Å²) in [6.07, 6.45) is 10.5. The lowest BCUT2D eigenvalue weighted by Crippen LogP contribution is -2.16. The van der Waals surface area contributed by atoms with Gasteiger partial charge in [0.25, 0.3) is 0 Å². The molecule has 0 atom stereocenters. The smallest absolute Gasteiger partial charge is 0.306 e. The molecule has 0 heterocycles. The molecule has 0 aromatic heterocycles. The fourth-order valence-electron chi connectivity index (χ4n) is 2.70. The topological polar surface area (TPSA) is 74.6 Å². The van der Waals surface area contributed by atoms with Gasteiger partial charge >= 0.3 is 11.9 Å². The number of carboxylic acids is 2. The Balaban J connectivity index is 0.000000180. The molecule has 0 unspecified atom stereocenters. The largest absolute Gasteiger partial charge is 0.481 e. The van der Waals surface area contributed by atoms with E-state index in [2.05, 4.69) is 0 Å². The highest BCUT2D eigenvalue weighted by molar-refractivity contribution is 5.70. The maximum atomic E-state index is 10.4. The fraction of sp³-hybridized carbons (Fsp3) is 0.857. The fourth-order valence-corrected chi connectivity index (χ4v) is 2.70. The summed E-state index contributed by atoms with van der Waals surface area (Å²) in [4.78, 5) is 20.7. The van der Waals surface area contributed by atoms with Crippen LogP contribution in [-0.4, -0.2) is 22.2 Å². The van der Waals surface area contributed by atoms with Gasteiger partial charge in [-0.1, -0.05) is 38.5 Å². The molecule has 0 radical (unpaired) electrons. The van der Waals surface area contributed by atoms with E-state index in [0.717, 1.165) is 51.4 Å². The standard InChI is InChI=1S/2C7H12O2/c2*8-7(9)6-4-2-1-3-5-6/h2*6H,1-5H2,(H,8,9). The first-order chi connectivity index (χ1) is 8.61. The normalized spacial score (nSPS) is 21.8. The first-order valence-electron chi connectivity index (χ1n) is 7.07. The molecule has 0 aromatic carbocycles. The van der Waals surface area contributed by atoms with Crippen LogP contribution in [0.1, 0.15) is 64.2 Å². The van der Waals surface area contributed by atoms with E-state index in [1.807, 2.05) is 0 Å². The maximum Gasteiger partial charge on any atom is 0.306 e. The van der Waals surface area contributed by atoms with Crippen LogP contribution in [-0.2, 0) is 9.59 Å². The van der Waals surface area contributed by atoms with Crippen molar-refractivity contribution in [3.05, 3.63) is 0 Å². The average Bonchev–Trinajstić information content (AvgIpc) is 2.41. The van der Waals surface area contributed by atoms with Gasteiger partial charge in [-0.3, -0.25) is 9.59 Å². The minimum atomic E-state index is -0.602. The van der Waals surface area contributed by atoms with Crippen LogP contribution in [0.25, 0.3) is 0 Å². The van der Waals surface area contributed by atoms with Gasteiger partial charge < -0.3 is 10.2 Å². The average molecular weight is 256 g/mol. The molecule has 2 N–H and O–H groups in total. The summed E-state index contributed by atoms with van der Waals surface area (Å²) in [7, 11) is 0. The molecule has 2 rings (SSSR count). The van der Waals surface area contributed by atoms with Crippen molar-refractivity contribution >= 4 is 11.9 Å². The van der Waals surface area contributed by atoms with Gasteiger partial charge in [-0.05, 0) is 25.7 Å². The summed E-state index contributed by atoms with van der Waals surface area (Å²) >= 11 is 0. The van der Waals surface area contributed by atoms with E-state index >= 15 is 0 Å². The predicted molar refractivity (Wildman–Crippen MR) is 68.4 cm³/mol. The van der Waals surface area contributed by atoms with Gasteiger partial charge in [0.2, 0.25) is 0 Å². The van der Waals surface area contributed by atoms with Crippen molar-refractivity contribution in [2.75, 3.05) is 0 Å². The van der Waals surface area contributed by atoms with E-state index in [9.17, 15) is 9.59 Å². The van der Waals surface area contributed by atoms with Gasteiger partial charge in [0.05, 0.1) is 11.8 Å². The van der Waals surface area contributed by atoms with E-state index in [1.165, 1.54) is 12.8 Å². The third-order valence-electron chi connectivity index (χ3n) is 3.91. The van der Waals surface area contributed by atoms with Crippen molar-refractivity contribution in [2.45, 2.75) is 64.2 Å². The predicted octanol–water partition coefficient (Wildman–Crippen LogP) is 3.30. The van der Waals surface area contributed by atoms with Crippen molar-refractivity contribution in [3.8, 4) is 0 Å². The number of rotatable bonds is 2. The zero-order valence-electron chi connectivity index (χ0n) is 10.9. The van der Waals surface area contributed by atoms with Crippen LogP contribution >= 0.6 is 0 Å². The van der Waals surface area contributed by atoms with Gasteiger partial charge in [0, 0.05) is 0 Å². The Morgan fingerprint density at radius 3 is 1.06 bits per heavy atom. The highest BCUT2D eigenvalue weighted by atomic mass is 16.4.